The Bertz CT molecular complexity index is 545. The minimum absolute atomic E-state index is 0.0630. The van der Waals surface area contributed by atoms with Gasteiger partial charge >= 0.3 is 0 Å². The van der Waals surface area contributed by atoms with E-state index >= 15 is 0 Å². The first-order chi connectivity index (χ1) is 11.2. The average Bonchev–Trinajstić information content (AvgIpc) is 2.53. The largest absolute Gasteiger partial charge is 0.352 e. The fourth-order valence-electron chi connectivity index (χ4n) is 4.02. The van der Waals surface area contributed by atoms with Gasteiger partial charge in [0, 0.05) is 43.9 Å². The fraction of sp³-hybridized carbons (Fsp3) is 0.667. The number of carbonyl (C=O) groups is 1. The predicted molar refractivity (Wildman–Crippen MR) is 92.8 cm³/mol. The van der Waals surface area contributed by atoms with E-state index in [1.54, 1.807) is 0 Å². The Morgan fingerprint density at radius 2 is 2.09 bits per heavy atom. The van der Waals surface area contributed by atoms with E-state index in [-0.39, 0.29) is 18.1 Å². The molecule has 0 aromatic rings. The van der Waals surface area contributed by atoms with Gasteiger partial charge in [0.2, 0.25) is 5.91 Å². The zero-order valence-electron chi connectivity index (χ0n) is 14.5. The van der Waals surface area contributed by atoms with Crippen molar-refractivity contribution in [1.29, 1.82) is 0 Å². The number of fused-ring (bicyclic) bond motifs is 3. The summed E-state index contributed by atoms with van der Waals surface area (Å²) in [5, 5.41) is 7.78. The van der Waals surface area contributed by atoms with E-state index < -0.39 is 0 Å². The Kier molecular flexibility index (Phi) is 4.85. The van der Waals surface area contributed by atoms with Crippen LogP contribution in [-0.4, -0.2) is 47.4 Å². The van der Waals surface area contributed by atoms with Gasteiger partial charge in [-0.15, -0.1) is 0 Å². The first kappa shape index (κ1) is 16.2. The van der Waals surface area contributed by atoms with E-state index in [0.29, 0.717) is 12.3 Å². The van der Waals surface area contributed by atoms with E-state index in [2.05, 4.69) is 48.4 Å². The van der Waals surface area contributed by atoms with Gasteiger partial charge < -0.3 is 5.32 Å². The van der Waals surface area contributed by atoms with Gasteiger partial charge in [-0.05, 0) is 30.9 Å². The molecule has 3 atom stereocenters. The summed E-state index contributed by atoms with van der Waals surface area (Å²) in [5.74, 6) is 0.437. The van der Waals surface area contributed by atoms with Crippen LogP contribution in [0.15, 0.2) is 28.4 Å². The lowest BCUT2D eigenvalue weighted by Gasteiger charge is -2.48. The number of amides is 1. The van der Waals surface area contributed by atoms with Gasteiger partial charge in [0.05, 0.1) is 6.42 Å². The van der Waals surface area contributed by atoms with E-state index in [0.717, 1.165) is 32.4 Å². The van der Waals surface area contributed by atoms with Crippen molar-refractivity contribution in [2.75, 3.05) is 13.1 Å². The standard InChI is InChI=1S/C18H28N4O/c1-4-9-21(10-5-2)22-12-14-11-16(23)20-13(3)17(14)15-7-6-8-19-18(15)22/h7-8,12-13,17-18H,4-6,9-11H2,1-3H3,(H,20,23). The molecule has 0 spiro atoms. The highest BCUT2D eigenvalue weighted by Gasteiger charge is 2.42. The van der Waals surface area contributed by atoms with Crippen molar-refractivity contribution in [2.24, 2.45) is 10.9 Å². The maximum Gasteiger partial charge on any atom is 0.224 e. The molecule has 23 heavy (non-hydrogen) atoms. The first-order valence-electron chi connectivity index (χ1n) is 8.90. The lowest BCUT2D eigenvalue weighted by Crippen LogP contribution is -2.55. The summed E-state index contributed by atoms with van der Waals surface area (Å²) in [5.41, 5.74) is 2.59. The zero-order valence-corrected chi connectivity index (χ0v) is 14.5. The second kappa shape index (κ2) is 6.87. The molecule has 0 radical (unpaired) electrons. The zero-order chi connectivity index (χ0) is 16.4. The van der Waals surface area contributed by atoms with Crippen molar-refractivity contribution in [3.63, 3.8) is 0 Å². The van der Waals surface area contributed by atoms with Crippen LogP contribution in [0.2, 0.25) is 0 Å². The molecule has 3 rings (SSSR count). The number of aliphatic imine (C=N–C) groups is 1. The number of allylic oxidation sites excluding steroid dienone is 1. The van der Waals surface area contributed by atoms with Crippen LogP contribution < -0.4 is 5.32 Å². The third kappa shape index (κ3) is 3.07. The number of nitrogens with one attached hydrogen (secondary N) is 1. The van der Waals surface area contributed by atoms with Gasteiger partial charge in [0.15, 0.2) is 6.17 Å². The summed E-state index contributed by atoms with van der Waals surface area (Å²) in [4.78, 5) is 16.8. The maximum atomic E-state index is 12.0. The van der Waals surface area contributed by atoms with Crippen molar-refractivity contribution < 1.29 is 4.79 Å². The molecule has 3 aliphatic rings. The molecule has 5 nitrogen and oxygen atoms in total. The van der Waals surface area contributed by atoms with Crippen LogP contribution in [0.1, 0.15) is 46.5 Å². The number of dihydropyridines is 1. The molecular formula is C18H28N4O. The van der Waals surface area contributed by atoms with Crippen molar-refractivity contribution in [3.8, 4) is 0 Å². The van der Waals surface area contributed by atoms with Crippen LogP contribution in [0.5, 0.6) is 0 Å². The third-order valence-corrected chi connectivity index (χ3v) is 4.85. The minimum Gasteiger partial charge on any atom is -0.352 e. The molecule has 1 saturated heterocycles. The summed E-state index contributed by atoms with van der Waals surface area (Å²) in [7, 11) is 0. The molecule has 0 aromatic carbocycles. The number of hydrogen-bond donors (Lipinski definition) is 1. The van der Waals surface area contributed by atoms with Crippen molar-refractivity contribution in [2.45, 2.75) is 58.7 Å². The van der Waals surface area contributed by atoms with Gasteiger partial charge in [-0.1, -0.05) is 19.9 Å². The van der Waals surface area contributed by atoms with Crippen LogP contribution in [0, 0.1) is 5.92 Å². The quantitative estimate of drug-likeness (QED) is 0.793. The molecular weight excluding hydrogens is 288 g/mol. The van der Waals surface area contributed by atoms with Crippen molar-refractivity contribution in [3.05, 3.63) is 23.4 Å². The second-order valence-corrected chi connectivity index (χ2v) is 6.69. The molecule has 3 heterocycles. The van der Waals surface area contributed by atoms with Gasteiger partial charge in [0.1, 0.15) is 0 Å². The summed E-state index contributed by atoms with van der Waals surface area (Å²) in [6.45, 7) is 8.56. The average molecular weight is 316 g/mol. The molecule has 1 fully saturated rings. The molecule has 1 amide bonds. The number of piperidine rings is 1. The van der Waals surface area contributed by atoms with Crippen molar-refractivity contribution in [1.82, 2.24) is 15.3 Å². The molecule has 0 bridgehead atoms. The Morgan fingerprint density at radius 1 is 1.35 bits per heavy atom. The van der Waals surface area contributed by atoms with E-state index in [9.17, 15) is 4.79 Å². The number of hydrazine groups is 1. The second-order valence-electron chi connectivity index (χ2n) is 6.69. The fourth-order valence-corrected chi connectivity index (χ4v) is 4.02. The molecule has 0 saturated carbocycles. The molecule has 5 heteroatoms. The monoisotopic (exact) mass is 316 g/mol. The molecule has 0 aliphatic carbocycles. The van der Waals surface area contributed by atoms with Crippen LogP contribution >= 0.6 is 0 Å². The Labute approximate surface area is 139 Å². The Hall–Kier alpha value is -1.62. The summed E-state index contributed by atoms with van der Waals surface area (Å²) in [6, 6.07) is 0.150. The lowest BCUT2D eigenvalue weighted by molar-refractivity contribution is -0.122. The summed E-state index contributed by atoms with van der Waals surface area (Å²) in [6.07, 6.45) is 10.2. The van der Waals surface area contributed by atoms with Crippen LogP contribution in [0.3, 0.4) is 0 Å². The Morgan fingerprint density at radius 3 is 2.78 bits per heavy atom. The number of carbonyl (C=O) groups excluding carboxylic acids is 1. The van der Waals surface area contributed by atoms with E-state index in [4.69, 9.17) is 4.99 Å². The topological polar surface area (TPSA) is 47.9 Å². The Balaban J connectivity index is 1.98. The summed E-state index contributed by atoms with van der Waals surface area (Å²) < 4.78 is 0. The molecule has 0 aromatic heterocycles. The number of nitrogens with zero attached hydrogens (tertiary/aromatic N) is 3. The maximum absolute atomic E-state index is 12.0. The van der Waals surface area contributed by atoms with Gasteiger partial charge in [-0.3, -0.25) is 14.8 Å². The first-order valence-corrected chi connectivity index (χ1v) is 8.90. The normalized spacial score (nSPS) is 29.7. The smallest absolute Gasteiger partial charge is 0.224 e. The predicted octanol–water partition coefficient (Wildman–Crippen LogP) is 2.47. The lowest BCUT2D eigenvalue weighted by atomic mass is 9.77. The van der Waals surface area contributed by atoms with Gasteiger partial charge in [0.25, 0.3) is 0 Å². The van der Waals surface area contributed by atoms with E-state index in [1.807, 2.05) is 6.21 Å². The van der Waals surface area contributed by atoms with Gasteiger partial charge in [-0.2, -0.15) is 0 Å². The number of hydrogen-bond acceptors (Lipinski definition) is 4. The molecule has 1 N–H and O–H groups in total. The SMILES string of the molecule is CCCN(CCC)N1C=C2CC(=O)NC(C)C2C2=CCC=NC21. The highest BCUT2D eigenvalue weighted by Crippen LogP contribution is 2.40. The highest BCUT2D eigenvalue weighted by molar-refractivity contribution is 5.81. The molecule has 126 valence electrons. The molecule has 3 aliphatic heterocycles. The van der Waals surface area contributed by atoms with E-state index in [1.165, 1.54) is 11.1 Å². The van der Waals surface area contributed by atoms with Gasteiger partial charge in [-0.25, -0.2) is 5.01 Å². The third-order valence-electron chi connectivity index (χ3n) is 4.85. The van der Waals surface area contributed by atoms with Crippen molar-refractivity contribution >= 4 is 12.1 Å². The highest BCUT2D eigenvalue weighted by atomic mass is 16.1. The number of rotatable bonds is 5. The minimum atomic E-state index is 0.0630. The molecule has 3 unspecified atom stereocenters. The van der Waals surface area contributed by atoms with Crippen LogP contribution in [-0.2, 0) is 4.79 Å². The van der Waals surface area contributed by atoms with Crippen LogP contribution in [0.4, 0.5) is 0 Å². The van der Waals surface area contributed by atoms with Crippen LogP contribution in [0.25, 0.3) is 0 Å². The summed E-state index contributed by atoms with van der Waals surface area (Å²) >= 11 is 0.